The van der Waals surface area contributed by atoms with Crippen molar-refractivity contribution in [3.05, 3.63) is 29.8 Å². The Balaban J connectivity index is 1.53. The summed E-state index contributed by atoms with van der Waals surface area (Å²) in [4.78, 5) is 2.29. The molecule has 1 saturated carbocycles. The number of hydrogen-bond donors (Lipinski definition) is 1. The lowest BCUT2D eigenvalue weighted by molar-refractivity contribution is -0.274. The molecule has 1 saturated heterocycles. The summed E-state index contributed by atoms with van der Waals surface area (Å²) < 4.78 is 40.3. The van der Waals surface area contributed by atoms with Crippen LogP contribution in [0.1, 0.15) is 38.2 Å². The van der Waals surface area contributed by atoms with Crippen LogP contribution >= 0.6 is 0 Å². The van der Waals surface area contributed by atoms with E-state index in [1.165, 1.54) is 12.1 Å². The highest BCUT2D eigenvalue weighted by molar-refractivity contribution is 5.27. The lowest BCUT2D eigenvalue weighted by Crippen LogP contribution is -2.59. The largest absolute Gasteiger partial charge is 0.573 e. The first kappa shape index (κ1) is 16.6. The summed E-state index contributed by atoms with van der Waals surface area (Å²) in [6.45, 7) is 4.48. The first-order valence-electron chi connectivity index (χ1n) is 7.99. The molecule has 1 aromatic rings. The van der Waals surface area contributed by atoms with Gasteiger partial charge in [0.15, 0.2) is 0 Å². The van der Waals surface area contributed by atoms with E-state index in [1.807, 2.05) is 6.92 Å². The predicted octanol–water partition coefficient (Wildman–Crippen LogP) is 3.71. The fourth-order valence-electron chi connectivity index (χ4n) is 3.82. The van der Waals surface area contributed by atoms with E-state index < -0.39 is 12.0 Å². The Labute approximate surface area is 134 Å². The molecule has 128 valence electrons. The predicted molar refractivity (Wildman–Crippen MR) is 79.9 cm³/mol. The lowest BCUT2D eigenvalue weighted by Gasteiger charge is -2.58. The minimum atomic E-state index is -4.65. The minimum absolute atomic E-state index is 0.0773. The van der Waals surface area contributed by atoms with Gasteiger partial charge in [0.05, 0.1) is 5.60 Å². The zero-order chi connectivity index (χ0) is 16.7. The molecule has 0 bridgehead atoms. The van der Waals surface area contributed by atoms with Gasteiger partial charge in [-0.1, -0.05) is 12.1 Å². The Morgan fingerprint density at radius 1 is 1.09 bits per heavy atom. The molecule has 1 spiro atoms. The van der Waals surface area contributed by atoms with E-state index in [1.54, 1.807) is 12.1 Å². The number of alkyl halides is 3. The molecular formula is C17H22F3NO2. The zero-order valence-electron chi connectivity index (χ0n) is 13.2. The molecule has 0 aromatic heterocycles. The summed E-state index contributed by atoms with van der Waals surface area (Å²) in [5.41, 5.74) is 0.514. The second kappa shape index (κ2) is 5.67. The Hall–Kier alpha value is -1.27. The zero-order valence-corrected chi connectivity index (χ0v) is 13.2. The molecule has 6 heteroatoms. The van der Waals surface area contributed by atoms with E-state index in [4.69, 9.17) is 0 Å². The molecule has 0 radical (unpaired) electrons. The van der Waals surface area contributed by atoms with Crippen molar-refractivity contribution < 1.29 is 23.0 Å². The molecule has 3 rings (SSSR count). The quantitative estimate of drug-likeness (QED) is 0.917. The molecule has 23 heavy (non-hydrogen) atoms. The normalized spacial score (nSPS) is 27.7. The molecule has 2 aliphatic rings. The fraction of sp³-hybridized carbons (Fsp3) is 0.647. The number of benzene rings is 1. The molecule has 0 amide bonds. The van der Waals surface area contributed by atoms with Crippen LogP contribution in [0.5, 0.6) is 5.75 Å². The van der Waals surface area contributed by atoms with Gasteiger partial charge in [-0.15, -0.1) is 13.2 Å². The second-order valence-electron chi connectivity index (χ2n) is 7.02. The van der Waals surface area contributed by atoms with Crippen molar-refractivity contribution in [3.8, 4) is 5.75 Å². The second-order valence-corrected chi connectivity index (χ2v) is 7.02. The average Bonchev–Trinajstić information content (AvgIpc) is 2.47. The summed E-state index contributed by atoms with van der Waals surface area (Å²) in [5, 5.41) is 10.4. The molecule has 1 aliphatic carbocycles. The number of ether oxygens (including phenoxy) is 1. The number of hydrogen-bond acceptors (Lipinski definition) is 3. The van der Waals surface area contributed by atoms with Gasteiger partial charge in [0.2, 0.25) is 0 Å². The molecule has 1 atom stereocenters. The van der Waals surface area contributed by atoms with Crippen LogP contribution in [0.4, 0.5) is 13.2 Å². The molecular weight excluding hydrogens is 307 g/mol. The molecule has 1 N–H and O–H groups in total. The van der Waals surface area contributed by atoms with Crippen LogP contribution in [0.2, 0.25) is 0 Å². The van der Waals surface area contributed by atoms with Gasteiger partial charge in [0, 0.05) is 12.0 Å². The van der Waals surface area contributed by atoms with Gasteiger partial charge in [-0.2, -0.15) is 0 Å². The van der Waals surface area contributed by atoms with Crippen molar-refractivity contribution in [3.63, 3.8) is 0 Å². The molecule has 3 nitrogen and oxygen atoms in total. The van der Waals surface area contributed by atoms with Gasteiger partial charge in [0.1, 0.15) is 5.75 Å². The highest BCUT2D eigenvalue weighted by Gasteiger charge is 2.55. The van der Waals surface area contributed by atoms with Crippen LogP contribution < -0.4 is 4.74 Å². The van der Waals surface area contributed by atoms with E-state index in [0.29, 0.717) is 6.54 Å². The van der Waals surface area contributed by atoms with Gasteiger partial charge in [-0.3, -0.25) is 4.90 Å². The topological polar surface area (TPSA) is 32.7 Å². The van der Waals surface area contributed by atoms with Gasteiger partial charge in [-0.05, 0) is 63.4 Å². The molecule has 1 heterocycles. The van der Waals surface area contributed by atoms with Crippen molar-refractivity contribution in [1.82, 2.24) is 4.90 Å². The third kappa shape index (κ3) is 3.48. The summed E-state index contributed by atoms with van der Waals surface area (Å²) in [6, 6.07) is 6.05. The van der Waals surface area contributed by atoms with Crippen molar-refractivity contribution in [1.29, 1.82) is 0 Å². The molecule has 1 aromatic carbocycles. The summed E-state index contributed by atoms with van der Waals surface area (Å²) >= 11 is 0. The Kier molecular flexibility index (Phi) is 4.09. The van der Waals surface area contributed by atoms with Crippen molar-refractivity contribution in [2.75, 3.05) is 13.1 Å². The first-order chi connectivity index (χ1) is 10.7. The maximum Gasteiger partial charge on any atom is 0.573 e. The van der Waals surface area contributed by atoms with Crippen molar-refractivity contribution in [2.45, 2.75) is 51.1 Å². The number of halogens is 3. The SMILES string of the molecule is CC1(O)CCC12CCN(Cc1ccc(OC(F)(F)F)cc1)CC2. The maximum absolute atomic E-state index is 12.1. The van der Waals surface area contributed by atoms with Crippen LogP contribution in [0.3, 0.4) is 0 Å². The number of rotatable bonds is 3. The molecule has 1 unspecified atom stereocenters. The highest BCUT2D eigenvalue weighted by Crippen LogP contribution is 2.56. The van der Waals surface area contributed by atoms with Gasteiger partial charge in [-0.25, -0.2) is 0 Å². The standard InChI is InChI=1S/C17H22F3NO2/c1-15(22)6-7-16(15)8-10-21(11-9-16)12-13-2-4-14(5-3-13)23-17(18,19)20/h2-5,22H,6-12H2,1H3. The van der Waals surface area contributed by atoms with Crippen LogP contribution in [0.15, 0.2) is 24.3 Å². The first-order valence-corrected chi connectivity index (χ1v) is 7.99. The smallest absolute Gasteiger partial charge is 0.406 e. The monoisotopic (exact) mass is 329 g/mol. The van der Waals surface area contributed by atoms with Crippen molar-refractivity contribution in [2.24, 2.45) is 5.41 Å². The summed E-state index contributed by atoms with van der Waals surface area (Å²) in [5.74, 6) is -0.190. The third-order valence-corrected chi connectivity index (χ3v) is 5.61. The van der Waals surface area contributed by atoms with E-state index in [9.17, 15) is 18.3 Å². The minimum Gasteiger partial charge on any atom is -0.406 e. The lowest BCUT2D eigenvalue weighted by atomic mass is 9.53. The van der Waals surface area contributed by atoms with Gasteiger partial charge in [0.25, 0.3) is 0 Å². The van der Waals surface area contributed by atoms with E-state index in [0.717, 1.165) is 44.3 Å². The van der Waals surface area contributed by atoms with Crippen LogP contribution in [0.25, 0.3) is 0 Å². The number of aliphatic hydroxyl groups is 1. The fourth-order valence-corrected chi connectivity index (χ4v) is 3.82. The Bertz CT molecular complexity index is 546. The van der Waals surface area contributed by atoms with Crippen LogP contribution in [-0.2, 0) is 6.54 Å². The summed E-state index contributed by atoms with van der Waals surface area (Å²) in [6.07, 6.45) is -0.710. The van der Waals surface area contributed by atoms with E-state index >= 15 is 0 Å². The van der Waals surface area contributed by atoms with Crippen LogP contribution in [-0.4, -0.2) is 35.1 Å². The number of piperidine rings is 1. The average molecular weight is 329 g/mol. The number of likely N-dealkylation sites (tertiary alicyclic amines) is 1. The third-order valence-electron chi connectivity index (χ3n) is 5.61. The maximum atomic E-state index is 12.1. The van der Waals surface area contributed by atoms with Crippen LogP contribution in [0, 0.1) is 5.41 Å². The molecule has 1 aliphatic heterocycles. The highest BCUT2D eigenvalue weighted by atomic mass is 19.4. The van der Waals surface area contributed by atoms with E-state index in [-0.39, 0.29) is 11.2 Å². The van der Waals surface area contributed by atoms with Gasteiger partial charge < -0.3 is 9.84 Å². The molecule has 2 fully saturated rings. The Morgan fingerprint density at radius 3 is 2.13 bits per heavy atom. The van der Waals surface area contributed by atoms with E-state index in [2.05, 4.69) is 9.64 Å². The number of nitrogens with zero attached hydrogens (tertiary/aromatic N) is 1. The summed E-state index contributed by atoms with van der Waals surface area (Å²) in [7, 11) is 0. The van der Waals surface area contributed by atoms with Gasteiger partial charge >= 0.3 is 6.36 Å². The van der Waals surface area contributed by atoms with Crippen molar-refractivity contribution >= 4 is 0 Å². The Morgan fingerprint density at radius 2 is 1.70 bits per heavy atom.